The second-order valence-corrected chi connectivity index (χ2v) is 5.04. The van der Waals surface area contributed by atoms with E-state index in [0.717, 1.165) is 36.3 Å². The molecule has 0 aliphatic rings. The monoisotopic (exact) mass is 271 g/mol. The first kappa shape index (κ1) is 15.2. The minimum absolute atomic E-state index is 0. The van der Waals surface area contributed by atoms with Gasteiger partial charge in [0.2, 0.25) is 0 Å². The van der Waals surface area contributed by atoms with Crippen LogP contribution in [0.25, 0.3) is 0 Å². The van der Waals surface area contributed by atoms with Crippen LogP contribution in [0.1, 0.15) is 16.1 Å². The summed E-state index contributed by atoms with van der Waals surface area (Å²) >= 11 is 0.737. The normalized spacial score (nSPS) is 9.67. The van der Waals surface area contributed by atoms with E-state index in [-0.39, 0.29) is 12.4 Å². The molecule has 1 aromatic heterocycles. The summed E-state index contributed by atoms with van der Waals surface area (Å²) < 4.78 is 2.70. The van der Waals surface area contributed by atoms with Gasteiger partial charge in [0, 0.05) is 0 Å². The fraction of sp³-hybridized carbons (Fsp3) is 0.0769. The molecule has 0 aliphatic heterocycles. The predicted octanol–water partition coefficient (Wildman–Crippen LogP) is -2.48. The van der Waals surface area contributed by atoms with E-state index in [1.165, 1.54) is 0 Å². The molecule has 1 N–H and O–H groups in total. The van der Waals surface area contributed by atoms with Crippen LogP contribution in [0.4, 0.5) is 0 Å². The molecule has 1 heterocycles. The predicted molar refractivity (Wildman–Crippen MR) is 64.5 cm³/mol. The number of pyridine rings is 1. The van der Waals surface area contributed by atoms with Gasteiger partial charge in [-0.15, -0.1) is 0 Å². The summed E-state index contributed by atoms with van der Waals surface area (Å²) in [5.41, 5.74) is 1.51. The summed E-state index contributed by atoms with van der Waals surface area (Å²) in [7, 11) is 0. The number of rotatable bonds is 3. The molecule has 0 saturated carbocycles. The first-order valence-corrected chi connectivity index (χ1v) is 6.45. The van der Waals surface area contributed by atoms with Gasteiger partial charge in [-0.1, -0.05) is 0 Å². The smallest absolute Gasteiger partial charge is 1.00 e. The molecule has 0 spiro atoms. The molecule has 0 amide bonds. The van der Waals surface area contributed by atoms with Crippen molar-refractivity contribution in [3.8, 4) is 0 Å². The van der Waals surface area contributed by atoms with Gasteiger partial charge in [0.25, 0.3) is 0 Å². The number of carbonyl (C=O) groups is 1. The molecule has 5 heteroatoms. The molecule has 0 atom stereocenters. The third-order valence-corrected chi connectivity index (χ3v) is 3.48. The number of aromatic carboxylic acids is 1. The topological polar surface area (TPSA) is 41.2 Å². The van der Waals surface area contributed by atoms with Gasteiger partial charge in [0.1, 0.15) is 0 Å². The Morgan fingerprint density at radius 2 is 1.83 bits per heavy atom. The number of carboxylic acid groups (broad SMARTS) is 1. The number of benzene rings is 1. The Hall–Kier alpha value is -0.870. The molecule has 18 heavy (non-hydrogen) atoms. The molecule has 0 radical (unpaired) electrons. The van der Waals surface area contributed by atoms with Crippen molar-refractivity contribution in [2.45, 2.75) is 6.54 Å². The first-order chi connectivity index (χ1) is 8.18. The van der Waals surface area contributed by atoms with Crippen molar-refractivity contribution < 1.29 is 26.9 Å². The quantitative estimate of drug-likeness (QED) is 0.496. The molecule has 88 valence electrons. The Kier molecular flexibility index (Phi) is 5.82. The number of carboxylic acids is 1. The summed E-state index contributed by atoms with van der Waals surface area (Å²) in [5, 5.41) is 9.23. The Morgan fingerprint density at radius 3 is 2.44 bits per heavy atom. The minimum Gasteiger partial charge on any atom is -1.00 e. The molecule has 0 unspecified atom stereocenters. The summed E-state index contributed by atoms with van der Waals surface area (Å²) in [4.78, 5) is 11.2. The summed E-state index contributed by atoms with van der Waals surface area (Å²) in [6, 6.07) is 13.6. The van der Waals surface area contributed by atoms with Crippen LogP contribution < -0.4 is 19.8 Å². The molecule has 0 bridgehead atoms. The number of hydrogen-bond acceptors (Lipinski definition) is 1. The van der Waals surface area contributed by atoms with E-state index in [4.69, 9.17) is 0 Å². The van der Waals surface area contributed by atoms with Crippen LogP contribution in [0, 0.1) is 0 Å². The van der Waals surface area contributed by atoms with E-state index in [1.54, 1.807) is 4.57 Å². The maximum absolute atomic E-state index is 11.2. The maximum atomic E-state index is 11.2. The number of halogens is 1. The summed E-state index contributed by atoms with van der Waals surface area (Å²) in [6.45, 7) is 0.596. The van der Waals surface area contributed by atoms with Crippen molar-refractivity contribution in [2.75, 3.05) is 0 Å². The zero-order valence-corrected chi connectivity index (χ0v) is 12.8. The SMILES string of the molecule is O=C(O)c1[c]([Na])ccc[n+]1Cc1ccccc1.[Cl-]. The van der Waals surface area contributed by atoms with Crippen molar-refractivity contribution in [3.05, 3.63) is 59.9 Å². The van der Waals surface area contributed by atoms with Gasteiger partial charge in [0.05, 0.1) is 0 Å². The molecule has 1 aromatic carbocycles. The number of hydrogen-bond donors (Lipinski definition) is 1. The Morgan fingerprint density at radius 1 is 1.17 bits per heavy atom. The number of nitrogens with zero attached hydrogens (tertiary/aromatic N) is 1. The van der Waals surface area contributed by atoms with Gasteiger partial charge in [0.15, 0.2) is 0 Å². The second kappa shape index (κ2) is 6.90. The van der Waals surface area contributed by atoms with Gasteiger partial charge in [-0.25, -0.2) is 0 Å². The van der Waals surface area contributed by atoms with Gasteiger partial charge < -0.3 is 12.4 Å². The Balaban J connectivity index is 0.00000162. The fourth-order valence-electron chi connectivity index (χ4n) is 1.87. The van der Waals surface area contributed by atoms with Crippen LogP contribution in [0.15, 0.2) is 48.7 Å². The van der Waals surface area contributed by atoms with E-state index in [0.29, 0.717) is 12.2 Å². The van der Waals surface area contributed by atoms with Crippen molar-refractivity contribution in [1.82, 2.24) is 0 Å². The fourth-order valence-corrected chi connectivity index (χ4v) is 2.57. The van der Waals surface area contributed by atoms with Crippen LogP contribution in [-0.2, 0) is 6.54 Å². The van der Waals surface area contributed by atoms with Gasteiger partial charge in [-0.05, 0) is 0 Å². The van der Waals surface area contributed by atoms with Crippen LogP contribution >= 0.6 is 0 Å². The molecular formula is C13H11ClNNaO2. The maximum Gasteiger partial charge on any atom is -1.00 e. The van der Waals surface area contributed by atoms with Gasteiger partial charge in [-0.2, -0.15) is 0 Å². The van der Waals surface area contributed by atoms with Crippen molar-refractivity contribution in [1.29, 1.82) is 0 Å². The molecule has 2 rings (SSSR count). The van der Waals surface area contributed by atoms with E-state index < -0.39 is 5.97 Å². The summed E-state index contributed by atoms with van der Waals surface area (Å²) in [6.07, 6.45) is 1.82. The number of aromatic nitrogens is 1. The molecule has 3 nitrogen and oxygen atoms in total. The van der Waals surface area contributed by atoms with E-state index in [9.17, 15) is 9.90 Å². The van der Waals surface area contributed by atoms with Crippen molar-refractivity contribution >= 4 is 36.7 Å². The van der Waals surface area contributed by atoms with Gasteiger partial charge in [-0.3, -0.25) is 0 Å². The summed E-state index contributed by atoms with van der Waals surface area (Å²) in [5.74, 6) is -0.855. The Labute approximate surface area is 129 Å². The van der Waals surface area contributed by atoms with Crippen LogP contribution in [0.5, 0.6) is 0 Å². The third kappa shape index (κ3) is 3.56. The van der Waals surface area contributed by atoms with Crippen LogP contribution in [0.2, 0.25) is 0 Å². The van der Waals surface area contributed by atoms with Crippen LogP contribution in [0.3, 0.4) is 0 Å². The molecular weight excluding hydrogens is 261 g/mol. The van der Waals surface area contributed by atoms with Gasteiger partial charge >= 0.3 is 118 Å². The third-order valence-electron chi connectivity index (χ3n) is 2.67. The molecule has 0 fully saturated rings. The van der Waals surface area contributed by atoms with E-state index in [1.807, 2.05) is 48.7 Å². The largest absolute Gasteiger partial charge is 1.00 e. The minimum atomic E-state index is -0.855. The zero-order valence-electron chi connectivity index (χ0n) is 10.0. The average molecular weight is 272 g/mol. The second-order valence-electron chi connectivity index (χ2n) is 3.96. The van der Waals surface area contributed by atoms with Crippen LogP contribution in [-0.4, -0.2) is 39.0 Å². The molecule has 2 aromatic rings. The van der Waals surface area contributed by atoms with E-state index in [2.05, 4.69) is 0 Å². The van der Waals surface area contributed by atoms with E-state index >= 15 is 0 Å². The first-order valence-electron chi connectivity index (χ1n) is 5.45. The van der Waals surface area contributed by atoms with Crippen molar-refractivity contribution in [2.24, 2.45) is 0 Å². The molecule has 0 saturated heterocycles. The average Bonchev–Trinajstić information content (AvgIpc) is 2.30. The zero-order chi connectivity index (χ0) is 12.3. The molecule has 0 aliphatic carbocycles. The van der Waals surface area contributed by atoms with Crippen molar-refractivity contribution in [3.63, 3.8) is 0 Å². The Bertz CT molecular complexity index is 546. The standard InChI is InChI=1S/C13H10NO2.ClH.Na/c15-13(16)12-8-4-5-9-14(12)10-11-6-2-1-3-7-11;;/h1-7,9H,10H2;1H;.